The van der Waals surface area contributed by atoms with Gasteiger partial charge in [-0.3, -0.25) is 4.98 Å². The largest absolute Gasteiger partial charge is 0.497 e. The van der Waals surface area contributed by atoms with E-state index in [-0.39, 0.29) is 0 Å². The summed E-state index contributed by atoms with van der Waals surface area (Å²) in [6.45, 7) is 2.14. The molecule has 0 bridgehead atoms. The topological polar surface area (TPSA) is 37.9 Å². The molecule has 0 amide bonds. The van der Waals surface area contributed by atoms with Crippen LogP contribution >= 0.6 is 0 Å². The molecule has 0 fully saturated rings. The Morgan fingerprint density at radius 2 is 1.95 bits per heavy atom. The molecule has 3 heteroatoms. The maximum Gasteiger partial charge on any atom is 0.119 e. The standard InChI is InChI=1S/C17H14N2O/c1-10-15-9-18-6-5-11(15)7-14-13-8-12(20-2)3-4-16(13)19-17(10)14/h3-9,19H,1-2H3. The summed E-state index contributed by atoms with van der Waals surface area (Å²) in [5.41, 5.74) is 3.54. The normalized spacial score (nSPS) is 11.5. The smallest absolute Gasteiger partial charge is 0.119 e. The first-order valence-electron chi connectivity index (χ1n) is 6.60. The monoisotopic (exact) mass is 262 g/mol. The highest BCUT2D eigenvalue weighted by atomic mass is 16.5. The van der Waals surface area contributed by atoms with Crippen molar-refractivity contribution in [3.05, 3.63) is 48.3 Å². The highest BCUT2D eigenvalue weighted by molar-refractivity contribution is 6.13. The molecular weight excluding hydrogens is 248 g/mol. The first-order chi connectivity index (χ1) is 9.78. The van der Waals surface area contributed by atoms with E-state index in [1.165, 1.54) is 32.6 Å². The van der Waals surface area contributed by atoms with Gasteiger partial charge in [0.15, 0.2) is 0 Å². The van der Waals surface area contributed by atoms with Crippen molar-refractivity contribution in [3.63, 3.8) is 0 Å². The van der Waals surface area contributed by atoms with Crippen LogP contribution in [0.25, 0.3) is 32.6 Å². The number of pyridine rings is 1. The minimum atomic E-state index is 0.880. The molecule has 0 radical (unpaired) electrons. The summed E-state index contributed by atoms with van der Waals surface area (Å²) in [6, 6.07) is 10.4. The minimum Gasteiger partial charge on any atom is -0.497 e. The van der Waals surface area contributed by atoms with Crippen molar-refractivity contribution in [2.24, 2.45) is 0 Å². The summed E-state index contributed by atoms with van der Waals surface area (Å²) in [5.74, 6) is 0.880. The highest BCUT2D eigenvalue weighted by Crippen LogP contribution is 2.34. The fraction of sp³-hybridized carbons (Fsp3) is 0.118. The Morgan fingerprint density at radius 3 is 2.80 bits per heavy atom. The van der Waals surface area contributed by atoms with Gasteiger partial charge in [0.1, 0.15) is 5.75 Å². The highest BCUT2D eigenvalue weighted by Gasteiger charge is 2.10. The molecule has 0 atom stereocenters. The van der Waals surface area contributed by atoms with Crippen LogP contribution in [0.15, 0.2) is 42.7 Å². The van der Waals surface area contributed by atoms with Gasteiger partial charge in [-0.25, -0.2) is 0 Å². The number of fused-ring (bicyclic) bond motifs is 4. The van der Waals surface area contributed by atoms with Crippen LogP contribution in [-0.4, -0.2) is 17.1 Å². The first-order valence-corrected chi connectivity index (χ1v) is 6.60. The van der Waals surface area contributed by atoms with Crippen LogP contribution < -0.4 is 4.74 Å². The van der Waals surface area contributed by atoms with Crippen LogP contribution in [0.4, 0.5) is 0 Å². The molecule has 2 heterocycles. The van der Waals surface area contributed by atoms with Gasteiger partial charge in [0, 0.05) is 34.1 Å². The quantitative estimate of drug-likeness (QED) is 0.558. The molecule has 1 N–H and O–H groups in total. The zero-order valence-electron chi connectivity index (χ0n) is 11.4. The summed E-state index contributed by atoms with van der Waals surface area (Å²) < 4.78 is 5.33. The summed E-state index contributed by atoms with van der Waals surface area (Å²) in [7, 11) is 1.70. The van der Waals surface area contributed by atoms with Crippen molar-refractivity contribution < 1.29 is 4.74 Å². The van der Waals surface area contributed by atoms with E-state index in [0.717, 1.165) is 11.3 Å². The maximum atomic E-state index is 5.33. The van der Waals surface area contributed by atoms with E-state index in [1.54, 1.807) is 7.11 Å². The summed E-state index contributed by atoms with van der Waals surface area (Å²) >= 11 is 0. The van der Waals surface area contributed by atoms with Gasteiger partial charge in [-0.2, -0.15) is 0 Å². The van der Waals surface area contributed by atoms with Crippen molar-refractivity contribution in [2.75, 3.05) is 7.11 Å². The molecule has 0 saturated carbocycles. The lowest BCUT2D eigenvalue weighted by atomic mass is 10.0. The zero-order valence-corrected chi connectivity index (χ0v) is 11.4. The van der Waals surface area contributed by atoms with Crippen LogP contribution in [0.5, 0.6) is 5.75 Å². The third-order valence-electron chi connectivity index (χ3n) is 3.98. The van der Waals surface area contributed by atoms with Crippen molar-refractivity contribution in [1.82, 2.24) is 9.97 Å². The lowest BCUT2D eigenvalue weighted by Gasteiger charge is -2.03. The molecule has 20 heavy (non-hydrogen) atoms. The maximum absolute atomic E-state index is 5.33. The second-order valence-corrected chi connectivity index (χ2v) is 5.06. The average Bonchev–Trinajstić information content (AvgIpc) is 2.86. The number of ether oxygens (including phenoxy) is 1. The Kier molecular flexibility index (Phi) is 2.24. The number of aryl methyl sites for hydroxylation is 1. The SMILES string of the molecule is COc1ccc2[nH]c3c(C)c4cnccc4cc3c2c1. The van der Waals surface area contributed by atoms with Gasteiger partial charge in [-0.05, 0) is 48.2 Å². The van der Waals surface area contributed by atoms with Crippen molar-refractivity contribution in [2.45, 2.75) is 6.92 Å². The third kappa shape index (κ3) is 1.43. The van der Waals surface area contributed by atoms with E-state index in [4.69, 9.17) is 4.74 Å². The van der Waals surface area contributed by atoms with Crippen molar-refractivity contribution in [1.29, 1.82) is 0 Å². The number of nitrogens with zero attached hydrogens (tertiary/aromatic N) is 1. The molecule has 0 aliphatic carbocycles. The van der Waals surface area contributed by atoms with E-state index in [1.807, 2.05) is 18.5 Å². The average molecular weight is 262 g/mol. The zero-order chi connectivity index (χ0) is 13.7. The molecule has 2 aromatic heterocycles. The van der Waals surface area contributed by atoms with E-state index in [0.29, 0.717) is 0 Å². The van der Waals surface area contributed by atoms with Crippen molar-refractivity contribution in [3.8, 4) is 5.75 Å². The minimum absolute atomic E-state index is 0.880. The Hall–Kier alpha value is -2.55. The second kappa shape index (κ2) is 3.97. The number of nitrogens with one attached hydrogen (secondary N) is 1. The van der Waals surface area contributed by atoms with Crippen LogP contribution in [0, 0.1) is 6.92 Å². The Labute approximate surface area is 116 Å². The fourth-order valence-electron chi connectivity index (χ4n) is 2.90. The third-order valence-corrected chi connectivity index (χ3v) is 3.98. The van der Waals surface area contributed by atoms with E-state index in [2.05, 4.69) is 41.2 Å². The number of hydrogen-bond donors (Lipinski definition) is 1. The van der Waals surface area contributed by atoms with Crippen LogP contribution in [0.1, 0.15) is 5.56 Å². The molecule has 2 aromatic carbocycles. The number of aromatic amines is 1. The number of H-pyrrole nitrogens is 1. The fourth-order valence-corrected chi connectivity index (χ4v) is 2.90. The Balaban J connectivity index is 2.23. The number of rotatable bonds is 1. The second-order valence-electron chi connectivity index (χ2n) is 5.06. The first kappa shape index (κ1) is 11.3. The lowest BCUT2D eigenvalue weighted by Crippen LogP contribution is -1.82. The van der Waals surface area contributed by atoms with E-state index < -0.39 is 0 Å². The number of methoxy groups -OCH3 is 1. The van der Waals surface area contributed by atoms with Gasteiger partial charge in [0.2, 0.25) is 0 Å². The molecule has 4 rings (SSSR count). The summed E-state index contributed by atoms with van der Waals surface area (Å²) in [5, 5.41) is 4.84. The van der Waals surface area contributed by atoms with E-state index in [9.17, 15) is 0 Å². The van der Waals surface area contributed by atoms with Crippen LogP contribution in [0.3, 0.4) is 0 Å². The summed E-state index contributed by atoms with van der Waals surface area (Å²) in [4.78, 5) is 7.73. The van der Waals surface area contributed by atoms with Gasteiger partial charge in [-0.1, -0.05) is 0 Å². The predicted molar refractivity (Wildman–Crippen MR) is 82.4 cm³/mol. The molecule has 98 valence electrons. The number of benzene rings is 2. The Bertz CT molecular complexity index is 953. The van der Waals surface area contributed by atoms with Gasteiger partial charge in [0.25, 0.3) is 0 Å². The predicted octanol–water partition coefficient (Wildman–Crippen LogP) is 4.19. The molecule has 4 aromatic rings. The molecule has 3 nitrogen and oxygen atoms in total. The van der Waals surface area contributed by atoms with Crippen molar-refractivity contribution >= 4 is 32.6 Å². The lowest BCUT2D eigenvalue weighted by molar-refractivity contribution is 0.415. The summed E-state index contributed by atoms with van der Waals surface area (Å²) in [6.07, 6.45) is 3.76. The molecule has 0 unspecified atom stereocenters. The number of aromatic nitrogens is 2. The van der Waals surface area contributed by atoms with Gasteiger partial charge in [0.05, 0.1) is 12.6 Å². The molecule has 0 aliphatic rings. The number of hydrogen-bond acceptors (Lipinski definition) is 2. The van der Waals surface area contributed by atoms with Gasteiger partial charge < -0.3 is 9.72 Å². The molecular formula is C17H14N2O. The molecule has 0 saturated heterocycles. The van der Waals surface area contributed by atoms with E-state index >= 15 is 0 Å². The van der Waals surface area contributed by atoms with Gasteiger partial charge >= 0.3 is 0 Å². The van der Waals surface area contributed by atoms with Gasteiger partial charge in [-0.15, -0.1) is 0 Å². The Morgan fingerprint density at radius 1 is 1.05 bits per heavy atom. The molecule has 0 spiro atoms. The van der Waals surface area contributed by atoms with Crippen LogP contribution in [0.2, 0.25) is 0 Å². The van der Waals surface area contributed by atoms with Crippen LogP contribution in [-0.2, 0) is 0 Å². The molecule has 0 aliphatic heterocycles.